The van der Waals surface area contributed by atoms with Gasteiger partial charge in [-0.15, -0.1) is 0 Å². The standard InChI is InChI=1S/C20H29N3O3/c1-26-20(25)10-9-19(24)23-11-5-8-18(16-23)22-14-12-21(13-15-22)17-6-3-2-4-7-17/h2-4,6-7,18H,5,8-16H2,1H3/t18-/m0/s1. The van der Waals surface area contributed by atoms with E-state index in [0.717, 1.165) is 52.1 Å². The highest BCUT2D eigenvalue weighted by Gasteiger charge is 2.30. The Labute approximate surface area is 155 Å². The van der Waals surface area contributed by atoms with Crippen molar-refractivity contribution < 1.29 is 14.3 Å². The van der Waals surface area contributed by atoms with E-state index in [2.05, 4.69) is 38.8 Å². The number of piperazine rings is 1. The van der Waals surface area contributed by atoms with Crippen LogP contribution in [0.4, 0.5) is 5.69 Å². The van der Waals surface area contributed by atoms with Gasteiger partial charge in [0.25, 0.3) is 0 Å². The third-order valence-electron chi connectivity index (χ3n) is 5.47. The van der Waals surface area contributed by atoms with Crippen LogP contribution < -0.4 is 4.90 Å². The number of ether oxygens (including phenoxy) is 1. The van der Waals surface area contributed by atoms with Crippen LogP contribution in [0.1, 0.15) is 25.7 Å². The maximum atomic E-state index is 12.4. The summed E-state index contributed by atoms with van der Waals surface area (Å²) < 4.78 is 4.63. The number of carbonyl (C=O) groups excluding carboxylic acids is 2. The summed E-state index contributed by atoms with van der Waals surface area (Å²) in [6.45, 7) is 5.70. The number of benzene rings is 1. The van der Waals surface area contributed by atoms with Crippen molar-refractivity contribution in [1.29, 1.82) is 0 Å². The van der Waals surface area contributed by atoms with Gasteiger partial charge in [-0.25, -0.2) is 0 Å². The van der Waals surface area contributed by atoms with Gasteiger partial charge >= 0.3 is 5.97 Å². The van der Waals surface area contributed by atoms with Crippen LogP contribution in [0.15, 0.2) is 30.3 Å². The summed E-state index contributed by atoms with van der Waals surface area (Å²) in [6.07, 6.45) is 2.60. The minimum Gasteiger partial charge on any atom is -0.469 e. The van der Waals surface area contributed by atoms with Crippen LogP contribution in [0.5, 0.6) is 0 Å². The summed E-state index contributed by atoms with van der Waals surface area (Å²) in [5.41, 5.74) is 1.29. The molecule has 2 saturated heterocycles. The number of esters is 1. The number of hydrogen-bond donors (Lipinski definition) is 0. The Balaban J connectivity index is 1.48. The predicted octanol–water partition coefficient (Wildman–Crippen LogP) is 1.75. The second kappa shape index (κ2) is 9.03. The molecule has 142 valence electrons. The Bertz CT molecular complexity index is 600. The maximum Gasteiger partial charge on any atom is 0.306 e. The molecule has 2 aliphatic rings. The molecule has 1 aromatic carbocycles. The Kier molecular flexibility index (Phi) is 6.50. The Morgan fingerprint density at radius 2 is 1.77 bits per heavy atom. The van der Waals surface area contributed by atoms with E-state index in [0.29, 0.717) is 6.04 Å². The number of likely N-dealkylation sites (tertiary alicyclic amines) is 1. The van der Waals surface area contributed by atoms with E-state index in [-0.39, 0.29) is 24.7 Å². The van der Waals surface area contributed by atoms with Gasteiger partial charge in [-0.3, -0.25) is 14.5 Å². The smallest absolute Gasteiger partial charge is 0.306 e. The first kappa shape index (κ1) is 18.7. The normalized spacial score (nSPS) is 21.5. The van der Waals surface area contributed by atoms with Crippen LogP contribution in [0.2, 0.25) is 0 Å². The number of piperidine rings is 1. The number of anilines is 1. The van der Waals surface area contributed by atoms with E-state index < -0.39 is 0 Å². The van der Waals surface area contributed by atoms with Gasteiger partial charge in [-0.1, -0.05) is 18.2 Å². The molecule has 0 bridgehead atoms. The molecule has 1 aromatic rings. The molecule has 0 aromatic heterocycles. The third-order valence-corrected chi connectivity index (χ3v) is 5.47. The number of carbonyl (C=O) groups is 2. The largest absolute Gasteiger partial charge is 0.469 e. The first-order valence-electron chi connectivity index (χ1n) is 9.56. The lowest BCUT2D eigenvalue weighted by Crippen LogP contribution is -2.55. The van der Waals surface area contributed by atoms with Crippen LogP contribution in [0, 0.1) is 0 Å². The van der Waals surface area contributed by atoms with Crippen molar-refractivity contribution in [2.45, 2.75) is 31.7 Å². The van der Waals surface area contributed by atoms with Crippen molar-refractivity contribution in [3.05, 3.63) is 30.3 Å². The molecular weight excluding hydrogens is 330 g/mol. The minimum absolute atomic E-state index is 0.0722. The number of para-hydroxylation sites is 1. The van der Waals surface area contributed by atoms with E-state index in [1.54, 1.807) is 0 Å². The average Bonchev–Trinajstić information content (AvgIpc) is 2.72. The number of methoxy groups -OCH3 is 1. The van der Waals surface area contributed by atoms with Crippen molar-refractivity contribution in [3.63, 3.8) is 0 Å². The van der Waals surface area contributed by atoms with E-state index in [4.69, 9.17) is 0 Å². The SMILES string of the molecule is COC(=O)CCC(=O)N1CCC[C@H](N2CCN(c3ccccc3)CC2)C1. The first-order valence-corrected chi connectivity index (χ1v) is 9.56. The fourth-order valence-corrected chi connectivity index (χ4v) is 3.93. The van der Waals surface area contributed by atoms with Crippen molar-refractivity contribution in [3.8, 4) is 0 Å². The molecule has 2 heterocycles. The summed E-state index contributed by atoms with van der Waals surface area (Å²) in [5, 5.41) is 0. The summed E-state index contributed by atoms with van der Waals surface area (Å²) in [7, 11) is 1.36. The van der Waals surface area contributed by atoms with Gasteiger partial charge in [0.05, 0.1) is 13.5 Å². The molecule has 6 nitrogen and oxygen atoms in total. The molecule has 0 saturated carbocycles. The van der Waals surface area contributed by atoms with Crippen LogP contribution in [-0.2, 0) is 14.3 Å². The highest BCUT2D eigenvalue weighted by atomic mass is 16.5. The lowest BCUT2D eigenvalue weighted by atomic mass is 10.0. The van der Waals surface area contributed by atoms with Crippen molar-refractivity contribution >= 4 is 17.6 Å². The van der Waals surface area contributed by atoms with Crippen LogP contribution in [-0.4, -0.2) is 74.1 Å². The first-order chi connectivity index (χ1) is 12.7. The molecule has 0 unspecified atom stereocenters. The molecule has 0 N–H and O–H groups in total. The summed E-state index contributed by atoms with van der Waals surface area (Å²) in [5.74, 6) is -0.244. The number of hydrogen-bond acceptors (Lipinski definition) is 5. The summed E-state index contributed by atoms with van der Waals surface area (Å²) in [6, 6.07) is 11.0. The van der Waals surface area contributed by atoms with Crippen LogP contribution in [0.3, 0.4) is 0 Å². The van der Waals surface area contributed by atoms with Crippen LogP contribution >= 0.6 is 0 Å². The quantitative estimate of drug-likeness (QED) is 0.750. The number of rotatable bonds is 5. The van der Waals surface area contributed by atoms with E-state index in [9.17, 15) is 9.59 Å². The molecule has 0 spiro atoms. The molecule has 2 fully saturated rings. The zero-order valence-corrected chi connectivity index (χ0v) is 15.6. The highest BCUT2D eigenvalue weighted by Crippen LogP contribution is 2.21. The molecule has 1 amide bonds. The molecule has 26 heavy (non-hydrogen) atoms. The van der Waals surface area contributed by atoms with Crippen molar-refractivity contribution in [2.24, 2.45) is 0 Å². The van der Waals surface area contributed by atoms with Gasteiger partial charge in [0.1, 0.15) is 0 Å². The third kappa shape index (κ3) is 4.75. The monoisotopic (exact) mass is 359 g/mol. The van der Waals surface area contributed by atoms with Crippen molar-refractivity contribution in [2.75, 3.05) is 51.3 Å². The second-order valence-electron chi connectivity index (χ2n) is 7.07. The van der Waals surface area contributed by atoms with Gasteiger partial charge in [0.2, 0.25) is 5.91 Å². The zero-order chi connectivity index (χ0) is 18.4. The Morgan fingerprint density at radius 3 is 2.46 bits per heavy atom. The van der Waals surface area contributed by atoms with Gasteiger partial charge in [0, 0.05) is 57.4 Å². The van der Waals surface area contributed by atoms with Crippen LogP contribution in [0.25, 0.3) is 0 Å². The lowest BCUT2D eigenvalue weighted by molar-refractivity contribution is -0.144. The van der Waals surface area contributed by atoms with Gasteiger partial charge < -0.3 is 14.5 Å². The molecule has 0 aliphatic carbocycles. The number of nitrogens with zero attached hydrogens (tertiary/aromatic N) is 3. The summed E-state index contributed by atoms with van der Waals surface area (Å²) in [4.78, 5) is 30.5. The maximum absolute atomic E-state index is 12.4. The molecule has 3 rings (SSSR count). The summed E-state index contributed by atoms with van der Waals surface area (Å²) >= 11 is 0. The minimum atomic E-state index is -0.316. The fraction of sp³-hybridized carbons (Fsp3) is 0.600. The molecule has 1 atom stereocenters. The Morgan fingerprint density at radius 1 is 1.04 bits per heavy atom. The average molecular weight is 359 g/mol. The molecular formula is C20H29N3O3. The molecule has 0 radical (unpaired) electrons. The van der Waals surface area contributed by atoms with Gasteiger partial charge in [-0.2, -0.15) is 0 Å². The van der Waals surface area contributed by atoms with Crippen molar-refractivity contribution in [1.82, 2.24) is 9.80 Å². The highest BCUT2D eigenvalue weighted by molar-refractivity contribution is 5.81. The van der Waals surface area contributed by atoms with Gasteiger partial charge in [0.15, 0.2) is 0 Å². The molecule has 6 heteroatoms. The zero-order valence-electron chi connectivity index (χ0n) is 15.6. The van der Waals surface area contributed by atoms with E-state index in [1.807, 2.05) is 11.0 Å². The predicted molar refractivity (Wildman–Crippen MR) is 101 cm³/mol. The van der Waals surface area contributed by atoms with E-state index in [1.165, 1.54) is 12.8 Å². The molecule has 2 aliphatic heterocycles. The number of amides is 1. The topological polar surface area (TPSA) is 53.1 Å². The Hall–Kier alpha value is -2.08. The lowest BCUT2D eigenvalue weighted by Gasteiger charge is -2.44. The van der Waals surface area contributed by atoms with E-state index >= 15 is 0 Å². The van der Waals surface area contributed by atoms with Gasteiger partial charge in [-0.05, 0) is 25.0 Å². The second-order valence-corrected chi connectivity index (χ2v) is 7.07. The fourth-order valence-electron chi connectivity index (χ4n) is 3.93.